The first-order valence-electron chi connectivity index (χ1n) is 3.73. The summed E-state index contributed by atoms with van der Waals surface area (Å²) in [6, 6.07) is 0. The molecule has 1 rings (SSSR count). The second-order valence-electron chi connectivity index (χ2n) is 3.40. The van der Waals surface area contributed by atoms with Crippen molar-refractivity contribution >= 4 is 5.96 Å². The molecule has 4 heteroatoms. The predicted molar refractivity (Wildman–Crippen MR) is 43.8 cm³/mol. The highest BCUT2D eigenvalue weighted by atomic mass is 16.5. The molecule has 0 amide bonds. The molecule has 0 aliphatic carbocycles. The molecular weight excluding hydrogens is 142 g/mol. The van der Waals surface area contributed by atoms with Gasteiger partial charge in [0.05, 0.1) is 0 Å². The van der Waals surface area contributed by atoms with Crippen LogP contribution in [0.15, 0.2) is 0 Å². The Labute approximate surface area is 66.8 Å². The first-order valence-corrected chi connectivity index (χ1v) is 3.73. The van der Waals surface area contributed by atoms with Gasteiger partial charge < -0.3 is 10.5 Å². The van der Waals surface area contributed by atoms with Gasteiger partial charge in [-0.1, -0.05) is 4.90 Å². The lowest BCUT2D eigenvalue weighted by atomic mass is 10.0. The van der Waals surface area contributed by atoms with E-state index >= 15 is 0 Å². The van der Waals surface area contributed by atoms with Crippen molar-refractivity contribution < 1.29 is 4.74 Å². The molecule has 0 saturated carbocycles. The highest BCUT2D eigenvalue weighted by Gasteiger charge is 2.42. The zero-order valence-electron chi connectivity index (χ0n) is 7.05. The van der Waals surface area contributed by atoms with Crippen molar-refractivity contribution in [1.29, 1.82) is 5.41 Å². The Morgan fingerprint density at radius 1 is 1.64 bits per heavy atom. The van der Waals surface area contributed by atoms with Crippen LogP contribution in [0, 0.1) is 5.41 Å². The Balaban J connectivity index is 2.67. The molecule has 1 radical (unpaired) electrons. The average Bonchev–Trinajstić information content (AvgIpc) is 1.85. The number of rotatable bonds is 0. The number of ether oxygens (including phenoxy) is 1. The molecule has 0 aromatic heterocycles. The third-order valence-corrected chi connectivity index (χ3v) is 1.94. The van der Waals surface area contributed by atoms with Crippen LogP contribution in [0.4, 0.5) is 0 Å². The lowest BCUT2D eigenvalue weighted by Crippen LogP contribution is -2.61. The molecule has 0 aromatic carbocycles. The smallest absolute Gasteiger partial charge is 0.342 e. The summed E-state index contributed by atoms with van der Waals surface area (Å²) in [5.41, 5.74) is 5.28. The Morgan fingerprint density at radius 2 is 2.27 bits per heavy atom. The van der Waals surface area contributed by atoms with E-state index in [9.17, 15) is 0 Å². The maximum Gasteiger partial charge on any atom is 0.342 e. The summed E-state index contributed by atoms with van der Waals surface area (Å²) in [7, 11) is 0. The highest BCUT2D eigenvalue weighted by molar-refractivity contribution is 5.78. The molecule has 0 bridgehead atoms. The van der Waals surface area contributed by atoms with Crippen LogP contribution in [0.25, 0.3) is 0 Å². The van der Waals surface area contributed by atoms with Gasteiger partial charge in [0.1, 0.15) is 13.2 Å². The van der Waals surface area contributed by atoms with Crippen LogP contribution >= 0.6 is 0 Å². The van der Waals surface area contributed by atoms with Crippen LogP contribution in [0.5, 0.6) is 0 Å². The summed E-state index contributed by atoms with van der Waals surface area (Å²) in [5, 5.41) is 7.29. The van der Waals surface area contributed by atoms with Crippen molar-refractivity contribution in [2.75, 3.05) is 19.8 Å². The molecule has 1 aliphatic rings. The summed E-state index contributed by atoms with van der Waals surface area (Å²) < 4.78 is 5.27. The fourth-order valence-electron chi connectivity index (χ4n) is 1.30. The Hall–Kier alpha value is -0.610. The minimum absolute atomic E-state index is 0.121. The third-order valence-electron chi connectivity index (χ3n) is 1.94. The van der Waals surface area contributed by atoms with Crippen LogP contribution < -0.4 is 10.6 Å². The van der Waals surface area contributed by atoms with E-state index in [2.05, 4.69) is 0 Å². The standard InChI is InChI=1S/C7H15N3O/c1-7(2)5-11-4-3-10(7)6(8)9/h3-5H2,1-2H3,(H3,8,9)/q+1. The van der Waals surface area contributed by atoms with E-state index in [-0.39, 0.29) is 11.5 Å². The molecule has 3 N–H and O–H groups in total. The van der Waals surface area contributed by atoms with E-state index in [1.165, 1.54) is 0 Å². The minimum atomic E-state index is -0.121. The van der Waals surface area contributed by atoms with Gasteiger partial charge in [-0.15, -0.1) is 0 Å². The number of nitrogens with two attached hydrogens (primary N) is 1. The molecule has 1 aliphatic heterocycles. The SMILES string of the molecule is CC1(C)COCC[N+]1C(=N)N. The highest BCUT2D eigenvalue weighted by Crippen LogP contribution is 2.14. The molecule has 0 aromatic rings. The molecule has 0 unspecified atom stereocenters. The van der Waals surface area contributed by atoms with E-state index in [1.54, 1.807) is 0 Å². The van der Waals surface area contributed by atoms with Gasteiger partial charge >= 0.3 is 5.96 Å². The van der Waals surface area contributed by atoms with Gasteiger partial charge in [0, 0.05) is 0 Å². The molecule has 0 atom stereocenters. The lowest BCUT2D eigenvalue weighted by molar-refractivity contribution is 0.0206. The predicted octanol–water partition coefficient (Wildman–Crippen LogP) is -0.171. The Bertz CT molecular complexity index is 167. The second-order valence-corrected chi connectivity index (χ2v) is 3.40. The molecule has 4 nitrogen and oxygen atoms in total. The van der Waals surface area contributed by atoms with Crippen LogP contribution in [0.2, 0.25) is 0 Å². The maximum atomic E-state index is 7.29. The number of nitrogens with zero attached hydrogens (tertiary/aromatic N) is 1. The Kier molecular flexibility index (Phi) is 2.15. The summed E-state index contributed by atoms with van der Waals surface area (Å²) in [6.45, 7) is 6.08. The van der Waals surface area contributed by atoms with E-state index < -0.39 is 0 Å². The van der Waals surface area contributed by atoms with Crippen LogP contribution in [-0.4, -0.2) is 31.3 Å². The number of hydrogen-bond donors (Lipinski definition) is 2. The van der Waals surface area contributed by atoms with Crippen LogP contribution in [0.1, 0.15) is 13.8 Å². The summed E-state index contributed by atoms with van der Waals surface area (Å²) in [4.78, 5) is 1.86. The number of guanidine groups is 1. The van der Waals surface area contributed by atoms with E-state index in [4.69, 9.17) is 15.9 Å². The number of nitrogens with one attached hydrogen (secondary N) is 1. The quantitative estimate of drug-likeness (QED) is 0.291. The Morgan fingerprint density at radius 3 is 2.64 bits per heavy atom. The van der Waals surface area contributed by atoms with Crippen molar-refractivity contribution in [1.82, 2.24) is 4.90 Å². The monoisotopic (exact) mass is 157 g/mol. The van der Waals surface area contributed by atoms with Crippen molar-refractivity contribution in [3.8, 4) is 0 Å². The molecule has 1 saturated heterocycles. The maximum absolute atomic E-state index is 7.29. The van der Waals surface area contributed by atoms with Crippen molar-refractivity contribution in [2.45, 2.75) is 19.4 Å². The van der Waals surface area contributed by atoms with E-state index in [0.717, 1.165) is 6.54 Å². The first-order chi connectivity index (χ1) is 5.04. The zero-order valence-corrected chi connectivity index (χ0v) is 7.05. The van der Waals surface area contributed by atoms with Gasteiger partial charge in [-0.2, -0.15) is 0 Å². The molecule has 1 heterocycles. The van der Waals surface area contributed by atoms with Gasteiger partial charge in [0.25, 0.3) is 0 Å². The largest absolute Gasteiger partial charge is 0.369 e. The second kappa shape index (κ2) is 2.79. The minimum Gasteiger partial charge on any atom is -0.369 e. The van der Waals surface area contributed by atoms with Gasteiger partial charge in [0.2, 0.25) is 0 Å². The fraction of sp³-hybridized carbons (Fsp3) is 0.857. The average molecular weight is 157 g/mol. The fourth-order valence-corrected chi connectivity index (χ4v) is 1.30. The van der Waals surface area contributed by atoms with Crippen LogP contribution in [0.3, 0.4) is 0 Å². The molecule has 11 heavy (non-hydrogen) atoms. The van der Waals surface area contributed by atoms with Crippen LogP contribution in [-0.2, 0) is 4.74 Å². The normalized spacial score (nSPS) is 24.9. The molecule has 63 valence electrons. The summed E-state index contributed by atoms with van der Waals surface area (Å²) in [6.07, 6.45) is 0. The zero-order chi connectivity index (χ0) is 8.48. The number of morpholine rings is 1. The summed E-state index contributed by atoms with van der Waals surface area (Å²) in [5.74, 6) is 0.137. The van der Waals surface area contributed by atoms with Crippen molar-refractivity contribution in [3.63, 3.8) is 0 Å². The van der Waals surface area contributed by atoms with Gasteiger partial charge in [-0.05, 0) is 13.8 Å². The first kappa shape index (κ1) is 8.49. The van der Waals surface area contributed by atoms with E-state index in [0.29, 0.717) is 13.2 Å². The van der Waals surface area contributed by atoms with Crippen molar-refractivity contribution in [3.05, 3.63) is 0 Å². The summed E-state index contributed by atoms with van der Waals surface area (Å²) >= 11 is 0. The van der Waals surface area contributed by atoms with Gasteiger partial charge in [-0.3, -0.25) is 0 Å². The van der Waals surface area contributed by atoms with E-state index in [1.807, 2.05) is 18.7 Å². The lowest BCUT2D eigenvalue weighted by Gasteiger charge is -2.30. The third kappa shape index (κ3) is 1.70. The van der Waals surface area contributed by atoms with Gasteiger partial charge in [0.15, 0.2) is 12.1 Å². The topological polar surface area (TPSA) is 65.0 Å². The van der Waals surface area contributed by atoms with Crippen molar-refractivity contribution in [2.24, 2.45) is 5.73 Å². The van der Waals surface area contributed by atoms with Gasteiger partial charge in [-0.25, -0.2) is 5.41 Å². The molecule has 0 spiro atoms. The number of hydrogen-bond acceptors (Lipinski definition) is 2. The molecular formula is C7H15N3O+. The molecule has 1 fully saturated rings.